The highest BCUT2D eigenvalue weighted by Crippen LogP contribution is 2.25. The van der Waals surface area contributed by atoms with E-state index in [1.165, 1.54) is 89.9 Å². The van der Waals surface area contributed by atoms with E-state index in [0.717, 1.165) is 18.3 Å². The molecule has 0 aromatic heterocycles. The number of carbonyl (C=O) groups excluding carboxylic acids is 1. The largest absolute Gasteiger partial charge is 0.463 e. The zero-order valence-corrected chi connectivity index (χ0v) is 19.4. The lowest BCUT2D eigenvalue weighted by atomic mass is 9.85. The second-order valence-electron chi connectivity index (χ2n) is 9.11. The van der Waals surface area contributed by atoms with Crippen molar-refractivity contribution in [2.45, 2.75) is 143 Å². The molecule has 1 unspecified atom stereocenters. The molecule has 27 heavy (non-hydrogen) atoms. The number of esters is 1. The van der Waals surface area contributed by atoms with Crippen LogP contribution in [0.4, 0.5) is 0 Å². The molecule has 0 bridgehead atoms. The standard InChI is InChI=1S/C25H50O2/c1-6-7-8-9-10-13-16-19-24(22(2)3)20-17-14-11-12-15-18-21-25(26)27-23(4)5/h22-24H,6-21H2,1-5H3. The van der Waals surface area contributed by atoms with Crippen molar-refractivity contribution < 1.29 is 9.53 Å². The summed E-state index contributed by atoms with van der Waals surface area (Å²) in [5, 5.41) is 0. The smallest absolute Gasteiger partial charge is 0.306 e. The maximum atomic E-state index is 11.5. The maximum absolute atomic E-state index is 11.5. The molecule has 0 aliphatic rings. The van der Waals surface area contributed by atoms with Gasteiger partial charge in [0.2, 0.25) is 0 Å². The summed E-state index contributed by atoms with van der Waals surface area (Å²) in [5.41, 5.74) is 0. The Morgan fingerprint density at radius 1 is 0.667 bits per heavy atom. The summed E-state index contributed by atoms with van der Waals surface area (Å²) in [4.78, 5) is 11.5. The summed E-state index contributed by atoms with van der Waals surface area (Å²) in [5.74, 6) is 1.72. The lowest BCUT2D eigenvalue weighted by Gasteiger charge is -2.20. The third kappa shape index (κ3) is 18.6. The molecule has 162 valence electrons. The van der Waals surface area contributed by atoms with E-state index in [4.69, 9.17) is 4.74 Å². The van der Waals surface area contributed by atoms with Crippen molar-refractivity contribution in [1.82, 2.24) is 0 Å². The highest BCUT2D eigenvalue weighted by molar-refractivity contribution is 5.69. The van der Waals surface area contributed by atoms with E-state index < -0.39 is 0 Å². The normalized spacial score (nSPS) is 12.7. The first-order valence-electron chi connectivity index (χ1n) is 12.2. The fourth-order valence-corrected chi connectivity index (χ4v) is 3.88. The Bertz CT molecular complexity index is 322. The van der Waals surface area contributed by atoms with Gasteiger partial charge in [-0.1, -0.05) is 111 Å². The van der Waals surface area contributed by atoms with Crippen LogP contribution in [-0.2, 0) is 9.53 Å². The molecule has 0 radical (unpaired) electrons. The Kier molecular flexibility index (Phi) is 18.4. The van der Waals surface area contributed by atoms with Gasteiger partial charge in [0, 0.05) is 6.42 Å². The molecule has 0 aromatic carbocycles. The van der Waals surface area contributed by atoms with E-state index in [1.54, 1.807) is 0 Å². The molecule has 0 N–H and O–H groups in total. The van der Waals surface area contributed by atoms with Gasteiger partial charge in [0.05, 0.1) is 6.10 Å². The van der Waals surface area contributed by atoms with Gasteiger partial charge >= 0.3 is 5.97 Å². The highest BCUT2D eigenvalue weighted by atomic mass is 16.5. The van der Waals surface area contributed by atoms with Gasteiger partial charge < -0.3 is 4.74 Å². The quantitative estimate of drug-likeness (QED) is 0.165. The van der Waals surface area contributed by atoms with E-state index >= 15 is 0 Å². The summed E-state index contributed by atoms with van der Waals surface area (Å²) < 4.78 is 5.17. The fraction of sp³-hybridized carbons (Fsp3) is 0.960. The second kappa shape index (κ2) is 18.8. The molecular formula is C25H50O2. The monoisotopic (exact) mass is 382 g/mol. The predicted molar refractivity (Wildman–Crippen MR) is 119 cm³/mol. The SMILES string of the molecule is CCCCCCCCCC(CCCCCCCCC(=O)OC(C)C)C(C)C. The molecule has 2 nitrogen and oxygen atoms in total. The number of hydrogen-bond donors (Lipinski definition) is 0. The summed E-state index contributed by atoms with van der Waals surface area (Å²) >= 11 is 0. The summed E-state index contributed by atoms with van der Waals surface area (Å²) in [6.07, 6.45) is 20.9. The number of unbranched alkanes of at least 4 members (excludes halogenated alkanes) is 11. The van der Waals surface area contributed by atoms with Gasteiger partial charge in [0.1, 0.15) is 0 Å². The molecule has 0 rings (SSSR count). The first-order valence-corrected chi connectivity index (χ1v) is 12.2. The van der Waals surface area contributed by atoms with E-state index in [0.29, 0.717) is 6.42 Å². The third-order valence-electron chi connectivity index (χ3n) is 5.69. The van der Waals surface area contributed by atoms with Crippen LogP contribution in [0.25, 0.3) is 0 Å². The lowest BCUT2D eigenvalue weighted by Crippen LogP contribution is -2.10. The summed E-state index contributed by atoms with van der Waals surface area (Å²) in [6.45, 7) is 10.9. The molecule has 2 heteroatoms. The molecule has 0 amide bonds. The van der Waals surface area contributed by atoms with Crippen LogP contribution in [0.3, 0.4) is 0 Å². The second-order valence-corrected chi connectivity index (χ2v) is 9.11. The minimum atomic E-state index is -0.0323. The molecule has 0 saturated heterocycles. The van der Waals surface area contributed by atoms with Gasteiger partial charge in [-0.3, -0.25) is 4.79 Å². The van der Waals surface area contributed by atoms with Crippen molar-refractivity contribution in [2.24, 2.45) is 11.8 Å². The van der Waals surface area contributed by atoms with E-state index in [2.05, 4.69) is 20.8 Å². The first-order chi connectivity index (χ1) is 13.0. The van der Waals surface area contributed by atoms with Crippen molar-refractivity contribution in [3.05, 3.63) is 0 Å². The number of ether oxygens (including phenoxy) is 1. The molecule has 0 saturated carbocycles. The summed E-state index contributed by atoms with van der Waals surface area (Å²) in [6, 6.07) is 0. The Hall–Kier alpha value is -0.530. The molecule has 0 aliphatic heterocycles. The van der Waals surface area contributed by atoms with Crippen LogP contribution in [0.15, 0.2) is 0 Å². The third-order valence-corrected chi connectivity index (χ3v) is 5.69. The maximum Gasteiger partial charge on any atom is 0.306 e. The Labute approximate surface area is 171 Å². The first kappa shape index (κ1) is 26.5. The molecule has 0 spiro atoms. The Morgan fingerprint density at radius 2 is 1.11 bits per heavy atom. The van der Waals surface area contributed by atoms with Gasteiger partial charge in [-0.25, -0.2) is 0 Å². The van der Waals surface area contributed by atoms with Gasteiger partial charge in [-0.2, -0.15) is 0 Å². The van der Waals surface area contributed by atoms with Gasteiger partial charge in [-0.05, 0) is 32.1 Å². The average Bonchev–Trinajstić information content (AvgIpc) is 2.60. The van der Waals surface area contributed by atoms with Crippen molar-refractivity contribution in [2.75, 3.05) is 0 Å². The number of hydrogen-bond acceptors (Lipinski definition) is 2. The van der Waals surface area contributed by atoms with Crippen LogP contribution in [0.1, 0.15) is 137 Å². The van der Waals surface area contributed by atoms with Gasteiger partial charge in [0.25, 0.3) is 0 Å². The topological polar surface area (TPSA) is 26.3 Å². The predicted octanol–water partition coefficient (Wildman–Crippen LogP) is 8.47. The zero-order valence-electron chi connectivity index (χ0n) is 19.4. The molecule has 0 heterocycles. The average molecular weight is 383 g/mol. The van der Waals surface area contributed by atoms with E-state index in [1.807, 2.05) is 13.8 Å². The minimum Gasteiger partial charge on any atom is -0.463 e. The number of rotatable bonds is 19. The van der Waals surface area contributed by atoms with Crippen molar-refractivity contribution in [3.8, 4) is 0 Å². The molecule has 0 fully saturated rings. The van der Waals surface area contributed by atoms with Crippen LogP contribution in [0.2, 0.25) is 0 Å². The molecular weight excluding hydrogens is 332 g/mol. The van der Waals surface area contributed by atoms with Gasteiger partial charge in [-0.15, -0.1) is 0 Å². The van der Waals surface area contributed by atoms with Crippen LogP contribution >= 0.6 is 0 Å². The minimum absolute atomic E-state index is 0.0208. The lowest BCUT2D eigenvalue weighted by molar-refractivity contribution is -0.147. The highest BCUT2D eigenvalue weighted by Gasteiger charge is 2.12. The van der Waals surface area contributed by atoms with Gasteiger partial charge in [0.15, 0.2) is 0 Å². The Morgan fingerprint density at radius 3 is 1.56 bits per heavy atom. The van der Waals surface area contributed by atoms with Crippen LogP contribution < -0.4 is 0 Å². The Balaban J connectivity index is 3.55. The molecule has 0 aromatic rings. The zero-order chi connectivity index (χ0) is 20.3. The van der Waals surface area contributed by atoms with Crippen LogP contribution in [0.5, 0.6) is 0 Å². The fourth-order valence-electron chi connectivity index (χ4n) is 3.88. The van der Waals surface area contributed by atoms with Crippen LogP contribution in [-0.4, -0.2) is 12.1 Å². The van der Waals surface area contributed by atoms with Crippen molar-refractivity contribution >= 4 is 5.97 Å². The molecule has 0 aliphatic carbocycles. The van der Waals surface area contributed by atoms with Crippen molar-refractivity contribution in [1.29, 1.82) is 0 Å². The molecule has 1 atom stereocenters. The summed E-state index contributed by atoms with van der Waals surface area (Å²) in [7, 11) is 0. The van der Waals surface area contributed by atoms with E-state index in [-0.39, 0.29) is 12.1 Å². The number of carbonyl (C=O) groups is 1. The van der Waals surface area contributed by atoms with Crippen LogP contribution in [0, 0.1) is 11.8 Å². The van der Waals surface area contributed by atoms with Crippen molar-refractivity contribution in [3.63, 3.8) is 0 Å². The van der Waals surface area contributed by atoms with E-state index in [9.17, 15) is 4.79 Å².